The van der Waals surface area contributed by atoms with Gasteiger partial charge in [-0.2, -0.15) is 26.3 Å². The highest BCUT2D eigenvalue weighted by Gasteiger charge is 2.32. The maximum Gasteiger partial charge on any atom is 0.416 e. The fourth-order valence-electron chi connectivity index (χ4n) is 8.26. The highest BCUT2D eigenvalue weighted by Crippen LogP contribution is 2.46. The largest absolute Gasteiger partial charge is 0.416 e. The molecule has 0 amide bonds. The van der Waals surface area contributed by atoms with Crippen LogP contribution in [0.5, 0.6) is 0 Å². The van der Waals surface area contributed by atoms with Crippen molar-refractivity contribution in [2.24, 2.45) is 0 Å². The average Bonchev–Trinajstić information content (AvgIpc) is 3.61. The van der Waals surface area contributed by atoms with Gasteiger partial charge in [-0.1, -0.05) is 139 Å². The molecule has 0 aliphatic rings. The first kappa shape index (κ1) is 43.2. The van der Waals surface area contributed by atoms with Gasteiger partial charge in [-0.25, -0.2) is 15.0 Å². The van der Waals surface area contributed by atoms with Crippen molar-refractivity contribution >= 4 is 21.8 Å². The molecule has 9 aromatic rings. The Morgan fingerprint density at radius 1 is 0.354 bits per heavy atom. The summed E-state index contributed by atoms with van der Waals surface area (Å²) < 4.78 is 86.9. The van der Waals surface area contributed by atoms with E-state index in [0.29, 0.717) is 45.2 Å². The Balaban J connectivity index is 1.44. The summed E-state index contributed by atoms with van der Waals surface area (Å²) in [5.74, 6) is 1.03. The summed E-state index contributed by atoms with van der Waals surface area (Å²) in [7, 11) is 0. The van der Waals surface area contributed by atoms with Gasteiger partial charge in [0.25, 0.3) is 0 Å². The van der Waals surface area contributed by atoms with Crippen molar-refractivity contribution in [1.29, 1.82) is 0 Å². The molecule has 10 heteroatoms. The maximum absolute atomic E-state index is 14.1. The third-order valence-corrected chi connectivity index (χ3v) is 11.8. The smallest absolute Gasteiger partial charge is 0.308 e. The van der Waals surface area contributed by atoms with Crippen molar-refractivity contribution in [3.05, 3.63) is 180 Å². The van der Waals surface area contributed by atoms with Crippen molar-refractivity contribution in [3.8, 4) is 62.1 Å². The molecule has 9 rings (SSSR count). The predicted molar refractivity (Wildman–Crippen MR) is 249 cm³/mol. The fourth-order valence-corrected chi connectivity index (χ4v) is 8.26. The number of fused-ring (bicyclic) bond motifs is 3. The Kier molecular flexibility index (Phi) is 10.5. The monoisotopic (exact) mass is 874 g/mol. The minimum Gasteiger partial charge on any atom is -0.308 e. The topological polar surface area (TPSA) is 43.6 Å². The van der Waals surface area contributed by atoms with Crippen LogP contribution in [0.2, 0.25) is 0 Å². The van der Waals surface area contributed by atoms with E-state index in [1.54, 1.807) is 0 Å². The number of alkyl halides is 6. The van der Waals surface area contributed by atoms with Gasteiger partial charge in [0.2, 0.25) is 0 Å². The number of hydrogen-bond acceptors (Lipinski definition) is 3. The van der Waals surface area contributed by atoms with Crippen LogP contribution in [-0.2, 0) is 23.2 Å². The molecule has 7 aromatic carbocycles. The average molecular weight is 875 g/mol. The van der Waals surface area contributed by atoms with Crippen LogP contribution >= 0.6 is 0 Å². The van der Waals surface area contributed by atoms with E-state index in [9.17, 15) is 26.3 Å². The van der Waals surface area contributed by atoms with Crippen LogP contribution in [0.1, 0.15) is 63.8 Å². The zero-order valence-corrected chi connectivity index (χ0v) is 36.6. The fraction of sp³-hybridized carbons (Fsp3) is 0.182. The third-order valence-electron chi connectivity index (χ3n) is 11.8. The molecule has 0 radical (unpaired) electrons. The van der Waals surface area contributed by atoms with Gasteiger partial charge in [0.15, 0.2) is 17.5 Å². The summed E-state index contributed by atoms with van der Waals surface area (Å²) in [4.78, 5) is 14.8. The standard InChI is InChI=1S/C55H44F6N4/c1-52(2,3)40-25-27-46-44(31-40)45-32-41(53(4,5)6)26-28-47(45)65(46)48-42(33-17-21-38(22-18-33)54(56,57)58)29-37(30-43(48)34-19-23-39(24-20-34)55(59,60)61)51-63-49(35-13-9-7-10-14-35)62-50(64-51)36-15-11-8-12-16-36/h7-32H,1-6H3. The van der Waals surface area contributed by atoms with Crippen LogP contribution in [0, 0.1) is 0 Å². The van der Waals surface area contributed by atoms with E-state index >= 15 is 0 Å². The molecule has 0 spiro atoms. The predicted octanol–water partition coefficient (Wildman–Crippen LogP) is 15.9. The molecule has 0 N–H and O–H groups in total. The van der Waals surface area contributed by atoms with Crippen LogP contribution in [0.25, 0.3) is 83.9 Å². The Hall–Kier alpha value is -7.07. The number of rotatable bonds is 6. The van der Waals surface area contributed by atoms with Gasteiger partial charge in [-0.15, -0.1) is 0 Å². The van der Waals surface area contributed by atoms with Crippen LogP contribution in [0.3, 0.4) is 0 Å². The normalized spacial score (nSPS) is 12.6. The van der Waals surface area contributed by atoms with E-state index in [4.69, 9.17) is 15.0 Å². The van der Waals surface area contributed by atoms with Crippen molar-refractivity contribution in [3.63, 3.8) is 0 Å². The van der Waals surface area contributed by atoms with Gasteiger partial charge in [-0.3, -0.25) is 0 Å². The first-order valence-corrected chi connectivity index (χ1v) is 21.2. The highest BCUT2D eigenvalue weighted by molar-refractivity contribution is 6.11. The van der Waals surface area contributed by atoms with Gasteiger partial charge < -0.3 is 4.57 Å². The van der Waals surface area contributed by atoms with E-state index in [2.05, 4.69) is 82.5 Å². The Labute approximate surface area is 373 Å². The third kappa shape index (κ3) is 8.41. The van der Waals surface area contributed by atoms with Gasteiger partial charge >= 0.3 is 12.4 Å². The lowest BCUT2D eigenvalue weighted by Crippen LogP contribution is -2.10. The van der Waals surface area contributed by atoms with Gasteiger partial charge in [0.1, 0.15) is 0 Å². The van der Waals surface area contributed by atoms with E-state index in [1.807, 2.05) is 72.8 Å². The number of benzene rings is 7. The molecule has 0 aliphatic carbocycles. The maximum atomic E-state index is 14.1. The molecule has 0 atom stereocenters. The summed E-state index contributed by atoms with van der Waals surface area (Å²) in [6, 6.07) is 45.1. The van der Waals surface area contributed by atoms with Crippen LogP contribution in [0.15, 0.2) is 158 Å². The van der Waals surface area contributed by atoms with Crippen molar-refractivity contribution in [2.45, 2.75) is 64.7 Å². The molecule has 2 heterocycles. The van der Waals surface area contributed by atoms with Crippen molar-refractivity contribution in [2.75, 3.05) is 0 Å². The van der Waals surface area contributed by atoms with Crippen molar-refractivity contribution in [1.82, 2.24) is 19.5 Å². The lowest BCUT2D eigenvalue weighted by Gasteiger charge is -2.22. The number of nitrogens with zero attached hydrogens (tertiary/aromatic N) is 4. The van der Waals surface area contributed by atoms with Gasteiger partial charge in [0.05, 0.1) is 27.8 Å². The molecule has 0 fully saturated rings. The first-order chi connectivity index (χ1) is 30.7. The molecule has 0 saturated carbocycles. The lowest BCUT2D eigenvalue weighted by molar-refractivity contribution is -0.138. The molecule has 0 unspecified atom stereocenters. The Morgan fingerprint density at radius 3 is 1.03 bits per heavy atom. The minimum atomic E-state index is -4.59. The second-order valence-corrected chi connectivity index (χ2v) is 18.4. The second-order valence-electron chi connectivity index (χ2n) is 18.4. The lowest BCUT2D eigenvalue weighted by atomic mass is 9.85. The van der Waals surface area contributed by atoms with Crippen LogP contribution < -0.4 is 0 Å². The molecule has 65 heavy (non-hydrogen) atoms. The van der Waals surface area contributed by atoms with Crippen molar-refractivity contribution < 1.29 is 26.3 Å². The summed E-state index contributed by atoms with van der Waals surface area (Å²) in [6.07, 6.45) is -9.19. The van der Waals surface area contributed by atoms with E-state index in [-0.39, 0.29) is 16.7 Å². The Bertz CT molecular complexity index is 3000. The summed E-state index contributed by atoms with van der Waals surface area (Å²) >= 11 is 0. The quantitative estimate of drug-likeness (QED) is 0.156. The highest BCUT2D eigenvalue weighted by atomic mass is 19.4. The van der Waals surface area contributed by atoms with E-state index in [0.717, 1.165) is 68.3 Å². The minimum absolute atomic E-state index is 0.204. The molecule has 0 bridgehead atoms. The van der Waals surface area contributed by atoms with Crippen LogP contribution in [0.4, 0.5) is 26.3 Å². The molecule has 326 valence electrons. The number of hydrogen-bond donors (Lipinski definition) is 0. The Morgan fingerprint density at radius 2 is 0.692 bits per heavy atom. The zero-order chi connectivity index (χ0) is 46.1. The molecular weight excluding hydrogens is 831 g/mol. The second kappa shape index (κ2) is 15.9. The molecule has 0 aliphatic heterocycles. The van der Waals surface area contributed by atoms with Gasteiger partial charge in [0, 0.05) is 38.6 Å². The summed E-state index contributed by atoms with van der Waals surface area (Å²) in [6.45, 7) is 12.9. The van der Waals surface area contributed by atoms with E-state index < -0.39 is 23.5 Å². The first-order valence-electron chi connectivity index (χ1n) is 21.2. The molecule has 0 saturated heterocycles. The zero-order valence-electron chi connectivity index (χ0n) is 36.6. The molecule has 2 aromatic heterocycles. The molecular formula is C55H44F6N4. The van der Waals surface area contributed by atoms with Gasteiger partial charge in [-0.05, 0) is 93.7 Å². The summed E-state index contributed by atoms with van der Waals surface area (Å²) in [5.41, 5.74) is 6.16. The molecule has 4 nitrogen and oxygen atoms in total. The SMILES string of the molecule is CC(C)(C)c1ccc2c(c1)c1cc(C(C)(C)C)ccc1n2-c1c(-c2ccc(C(F)(F)F)cc2)cc(-c2nc(-c3ccccc3)nc(-c3ccccc3)n2)cc1-c1ccc(C(F)(F)F)cc1. The number of aromatic nitrogens is 4. The van der Waals surface area contributed by atoms with E-state index in [1.165, 1.54) is 24.3 Å². The number of halogens is 6. The summed E-state index contributed by atoms with van der Waals surface area (Å²) in [5, 5.41) is 1.91. The van der Waals surface area contributed by atoms with Crippen LogP contribution in [-0.4, -0.2) is 19.5 Å².